The van der Waals surface area contributed by atoms with Gasteiger partial charge in [0.15, 0.2) is 0 Å². The van der Waals surface area contributed by atoms with Gasteiger partial charge in [0.1, 0.15) is 0 Å². The Morgan fingerprint density at radius 3 is 1.85 bits per heavy atom. The Morgan fingerprint density at radius 2 is 1.22 bits per heavy atom. The molecule has 0 saturated heterocycles. The molecule has 0 spiro atoms. The van der Waals surface area contributed by atoms with Crippen molar-refractivity contribution in [1.82, 2.24) is 4.57 Å². The lowest BCUT2D eigenvalue weighted by atomic mass is 10.1. The van der Waals surface area contributed by atoms with Gasteiger partial charge in [0.05, 0.1) is 16.7 Å². The lowest BCUT2D eigenvalue weighted by Crippen LogP contribution is -1.96. The first-order valence-electron chi connectivity index (χ1n) is 8.77. The SMILES string of the molecule is Clc1ccc(-c2cccc(-n3c4ccccc4c4ccccc43)c2Br)cc1. The number of aromatic nitrogens is 1. The number of nitrogens with zero attached hydrogens (tertiary/aromatic N) is 1. The second-order valence-electron chi connectivity index (χ2n) is 6.52. The molecule has 1 heterocycles. The van der Waals surface area contributed by atoms with Crippen molar-refractivity contribution in [3.05, 3.63) is 100 Å². The fourth-order valence-corrected chi connectivity index (χ4v) is 4.52. The standard InChI is InChI=1S/C24H15BrClN/c25-24-18(16-12-14-17(26)15-13-16)8-5-11-23(24)27-21-9-3-1-6-19(21)20-7-2-4-10-22(20)27/h1-15H. The third kappa shape index (κ3) is 2.68. The zero-order valence-electron chi connectivity index (χ0n) is 14.4. The summed E-state index contributed by atoms with van der Waals surface area (Å²) >= 11 is 9.94. The molecule has 0 aliphatic rings. The fourth-order valence-electron chi connectivity index (χ4n) is 3.73. The normalized spacial score (nSPS) is 11.3. The van der Waals surface area contributed by atoms with Crippen LogP contribution in [-0.4, -0.2) is 4.57 Å². The van der Waals surface area contributed by atoms with Gasteiger partial charge in [-0.2, -0.15) is 0 Å². The summed E-state index contributed by atoms with van der Waals surface area (Å²) in [5.41, 5.74) is 5.81. The molecule has 0 atom stereocenters. The Bertz CT molecular complexity index is 1230. The van der Waals surface area contributed by atoms with Crippen molar-refractivity contribution >= 4 is 49.3 Å². The summed E-state index contributed by atoms with van der Waals surface area (Å²) in [5, 5.41) is 3.27. The summed E-state index contributed by atoms with van der Waals surface area (Å²) in [6.07, 6.45) is 0. The summed E-state index contributed by atoms with van der Waals surface area (Å²) in [4.78, 5) is 0. The molecule has 0 aliphatic carbocycles. The molecular formula is C24H15BrClN. The van der Waals surface area contributed by atoms with Gasteiger partial charge in [-0.25, -0.2) is 0 Å². The molecule has 4 aromatic carbocycles. The van der Waals surface area contributed by atoms with Gasteiger partial charge in [-0.1, -0.05) is 72.3 Å². The summed E-state index contributed by atoms with van der Waals surface area (Å²) in [6, 6.07) is 31.5. The molecule has 0 N–H and O–H groups in total. The van der Waals surface area contributed by atoms with Gasteiger partial charge >= 0.3 is 0 Å². The van der Waals surface area contributed by atoms with Crippen LogP contribution in [0, 0.1) is 0 Å². The van der Waals surface area contributed by atoms with Crippen molar-refractivity contribution in [2.45, 2.75) is 0 Å². The van der Waals surface area contributed by atoms with Crippen molar-refractivity contribution in [2.75, 3.05) is 0 Å². The molecule has 0 radical (unpaired) electrons. The highest BCUT2D eigenvalue weighted by atomic mass is 79.9. The Balaban J connectivity index is 1.83. The molecule has 0 unspecified atom stereocenters. The molecule has 3 heteroatoms. The van der Waals surface area contributed by atoms with Crippen LogP contribution in [0.1, 0.15) is 0 Å². The summed E-state index contributed by atoms with van der Waals surface area (Å²) in [5.74, 6) is 0. The molecule has 27 heavy (non-hydrogen) atoms. The molecule has 5 rings (SSSR count). The number of hydrogen-bond donors (Lipinski definition) is 0. The Morgan fingerprint density at radius 1 is 0.630 bits per heavy atom. The number of halogens is 2. The quantitative estimate of drug-likeness (QED) is 0.267. The summed E-state index contributed by atoms with van der Waals surface area (Å²) in [6.45, 7) is 0. The minimum absolute atomic E-state index is 0.744. The van der Waals surface area contributed by atoms with E-state index in [0.717, 1.165) is 26.3 Å². The van der Waals surface area contributed by atoms with Crippen LogP contribution in [0.2, 0.25) is 5.02 Å². The van der Waals surface area contributed by atoms with Gasteiger partial charge in [0, 0.05) is 20.3 Å². The van der Waals surface area contributed by atoms with Gasteiger partial charge in [-0.05, 0) is 57.4 Å². The molecule has 0 saturated carbocycles. The van der Waals surface area contributed by atoms with Crippen LogP contribution in [0.4, 0.5) is 0 Å². The van der Waals surface area contributed by atoms with Crippen LogP contribution >= 0.6 is 27.5 Å². The minimum atomic E-state index is 0.744. The number of benzene rings is 4. The summed E-state index contributed by atoms with van der Waals surface area (Å²) < 4.78 is 3.40. The molecular weight excluding hydrogens is 418 g/mol. The first-order chi connectivity index (χ1) is 13.2. The van der Waals surface area contributed by atoms with Crippen molar-refractivity contribution < 1.29 is 0 Å². The van der Waals surface area contributed by atoms with Crippen LogP contribution in [0.25, 0.3) is 38.6 Å². The van der Waals surface area contributed by atoms with E-state index in [-0.39, 0.29) is 0 Å². The molecule has 0 aliphatic heterocycles. The van der Waals surface area contributed by atoms with Crippen molar-refractivity contribution in [2.24, 2.45) is 0 Å². The smallest absolute Gasteiger partial charge is 0.0610 e. The zero-order chi connectivity index (χ0) is 18.4. The second kappa shape index (κ2) is 6.56. The first kappa shape index (κ1) is 16.6. The first-order valence-corrected chi connectivity index (χ1v) is 9.94. The molecule has 130 valence electrons. The van der Waals surface area contributed by atoms with E-state index < -0.39 is 0 Å². The van der Waals surface area contributed by atoms with Gasteiger partial charge in [-0.15, -0.1) is 0 Å². The molecule has 5 aromatic rings. The Labute approximate surface area is 170 Å². The number of para-hydroxylation sites is 2. The Kier molecular flexibility index (Phi) is 4.04. The van der Waals surface area contributed by atoms with E-state index in [1.165, 1.54) is 21.8 Å². The van der Waals surface area contributed by atoms with E-state index in [1.54, 1.807) is 0 Å². The number of hydrogen-bond acceptors (Lipinski definition) is 0. The van der Waals surface area contributed by atoms with Crippen molar-refractivity contribution in [1.29, 1.82) is 0 Å². The largest absolute Gasteiger partial charge is 0.308 e. The highest BCUT2D eigenvalue weighted by Crippen LogP contribution is 2.38. The van der Waals surface area contributed by atoms with E-state index >= 15 is 0 Å². The van der Waals surface area contributed by atoms with Gasteiger partial charge < -0.3 is 4.57 Å². The average Bonchev–Trinajstić information content (AvgIpc) is 3.04. The highest BCUT2D eigenvalue weighted by Gasteiger charge is 2.15. The highest BCUT2D eigenvalue weighted by molar-refractivity contribution is 9.10. The molecule has 0 amide bonds. The Hall–Kier alpha value is -2.55. The van der Waals surface area contributed by atoms with Gasteiger partial charge in [0.2, 0.25) is 0 Å². The van der Waals surface area contributed by atoms with Crippen LogP contribution in [-0.2, 0) is 0 Å². The maximum absolute atomic E-state index is 6.07. The van der Waals surface area contributed by atoms with Gasteiger partial charge in [-0.3, -0.25) is 0 Å². The topological polar surface area (TPSA) is 4.93 Å². The fraction of sp³-hybridized carbons (Fsp3) is 0. The molecule has 0 bridgehead atoms. The van der Waals surface area contributed by atoms with E-state index in [9.17, 15) is 0 Å². The van der Waals surface area contributed by atoms with Gasteiger partial charge in [0.25, 0.3) is 0 Å². The van der Waals surface area contributed by atoms with Crippen LogP contribution in [0.5, 0.6) is 0 Å². The predicted molar refractivity (Wildman–Crippen MR) is 119 cm³/mol. The monoisotopic (exact) mass is 431 g/mol. The molecule has 1 nitrogen and oxygen atoms in total. The third-order valence-corrected chi connectivity index (χ3v) is 6.04. The maximum atomic E-state index is 6.07. The molecule has 1 aromatic heterocycles. The lowest BCUT2D eigenvalue weighted by Gasteiger charge is -2.14. The number of rotatable bonds is 2. The predicted octanol–water partition coefficient (Wildman–Crippen LogP) is 7.87. The summed E-state index contributed by atoms with van der Waals surface area (Å²) in [7, 11) is 0. The van der Waals surface area contributed by atoms with E-state index in [2.05, 4.69) is 99.4 Å². The van der Waals surface area contributed by atoms with E-state index in [4.69, 9.17) is 11.6 Å². The minimum Gasteiger partial charge on any atom is -0.308 e. The number of fused-ring (bicyclic) bond motifs is 3. The molecule has 0 fully saturated rings. The maximum Gasteiger partial charge on any atom is 0.0610 e. The lowest BCUT2D eigenvalue weighted by molar-refractivity contribution is 1.17. The van der Waals surface area contributed by atoms with Crippen LogP contribution in [0.3, 0.4) is 0 Å². The van der Waals surface area contributed by atoms with Crippen LogP contribution in [0.15, 0.2) is 95.5 Å². The van der Waals surface area contributed by atoms with Crippen molar-refractivity contribution in [3.8, 4) is 16.8 Å². The van der Waals surface area contributed by atoms with Crippen molar-refractivity contribution in [3.63, 3.8) is 0 Å². The van der Waals surface area contributed by atoms with Crippen LogP contribution < -0.4 is 0 Å². The second-order valence-corrected chi connectivity index (χ2v) is 7.74. The third-order valence-electron chi connectivity index (χ3n) is 4.95. The van der Waals surface area contributed by atoms with E-state index in [1.807, 2.05) is 12.1 Å². The van der Waals surface area contributed by atoms with E-state index in [0.29, 0.717) is 0 Å². The average molecular weight is 433 g/mol. The zero-order valence-corrected chi connectivity index (χ0v) is 16.7.